The predicted octanol–water partition coefficient (Wildman–Crippen LogP) is 2.35. The van der Waals surface area contributed by atoms with Crippen molar-refractivity contribution in [2.24, 2.45) is 16.7 Å². The maximum absolute atomic E-state index is 11.9. The molecule has 1 rings (SSSR count). The van der Waals surface area contributed by atoms with Gasteiger partial charge in [0.2, 0.25) is 0 Å². The normalized spacial score (nSPS) is 23.7. The van der Waals surface area contributed by atoms with Crippen LogP contribution in [0.25, 0.3) is 0 Å². The van der Waals surface area contributed by atoms with E-state index in [-0.39, 0.29) is 23.3 Å². The van der Waals surface area contributed by atoms with Gasteiger partial charge >= 0.3 is 12.1 Å². The van der Waals surface area contributed by atoms with Crippen LogP contribution >= 0.6 is 0 Å². The number of alkyl halides is 3. The molecule has 0 bridgehead atoms. The number of rotatable bonds is 2. The summed E-state index contributed by atoms with van der Waals surface area (Å²) < 4.78 is 35.7. The fourth-order valence-electron chi connectivity index (χ4n) is 2.14. The molecule has 1 aliphatic rings. The molecule has 0 saturated heterocycles. The second-order valence-corrected chi connectivity index (χ2v) is 5.20. The number of carbonyl (C=O) groups is 1. The molecule has 1 fully saturated rings. The number of hydrogen-bond donors (Lipinski definition) is 1. The Morgan fingerprint density at radius 1 is 1.20 bits per heavy atom. The van der Waals surface area contributed by atoms with Gasteiger partial charge < -0.3 is 5.32 Å². The van der Waals surface area contributed by atoms with Crippen LogP contribution in [0, 0.1) is 16.7 Å². The minimum atomic E-state index is -4.77. The van der Waals surface area contributed by atoms with E-state index in [2.05, 4.69) is 0 Å². The van der Waals surface area contributed by atoms with Crippen LogP contribution in [-0.4, -0.2) is 18.6 Å². The molecular weight excluding hydrogens is 207 g/mol. The van der Waals surface area contributed by atoms with Crippen molar-refractivity contribution < 1.29 is 18.0 Å². The average molecular weight is 223 g/mol. The monoisotopic (exact) mass is 223 g/mol. The van der Waals surface area contributed by atoms with Gasteiger partial charge in [0.05, 0.1) is 0 Å². The Labute approximate surface area is 87.2 Å². The van der Waals surface area contributed by atoms with Gasteiger partial charge in [0.15, 0.2) is 0 Å². The molecule has 1 saturated carbocycles. The van der Waals surface area contributed by atoms with E-state index in [1.807, 2.05) is 33.0 Å². The Balaban J connectivity index is 2.45. The molecule has 5 heteroatoms. The van der Waals surface area contributed by atoms with Crippen LogP contribution in [0.4, 0.5) is 13.2 Å². The van der Waals surface area contributed by atoms with Crippen molar-refractivity contribution in [3.8, 4) is 0 Å². The highest BCUT2D eigenvalue weighted by Gasteiger charge is 2.64. The molecule has 0 heterocycles. The lowest BCUT2D eigenvalue weighted by atomic mass is 10.0. The zero-order valence-corrected chi connectivity index (χ0v) is 9.33. The van der Waals surface area contributed by atoms with E-state index < -0.39 is 12.1 Å². The Bertz CT molecular complexity index is 267. The van der Waals surface area contributed by atoms with Crippen molar-refractivity contribution in [3.63, 3.8) is 0 Å². The predicted molar refractivity (Wildman–Crippen MR) is 50.1 cm³/mol. The Morgan fingerprint density at radius 2 is 1.60 bits per heavy atom. The Morgan fingerprint density at radius 3 is 1.87 bits per heavy atom. The molecule has 0 atom stereocenters. The third-order valence-electron chi connectivity index (χ3n) is 4.04. The van der Waals surface area contributed by atoms with Crippen molar-refractivity contribution in [1.82, 2.24) is 5.32 Å². The smallest absolute Gasteiger partial charge is 0.348 e. The maximum atomic E-state index is 11.9. The van der Waals surface area contributed by atoms with Crippen LogP contribution in [-0.2, 0) is 4.79 Å². The second kappa shape index (κ2) is 3.12. The molecular formula is C10H16F3NO. The molecule has 1 aliphatic carbocycles. The zero-order chi connectivity index (χ0) is 12.1. The number of halogens is 3. The second-order valence-electron chi connectivity index (χ2n) is 5.20. The molecule has 0 aromatic heterocycles. The average Bonchev–Trinajstić information content (AvgIpc) is 2.38. The number of nitrogens with one attached hydrogen (secondary N) is 1. The summed E-state index contributed by atoms with van der Waals surface area (Å²) in [6.07, 6.45) is -4.77. The minimum Gasteiger partial charge on any atom is -0.348 e. The highest BCUT2D eigenvalue weighted by molar-refractivity contribution is 5.81. The summed E-state index contributed by atoms with van der Waals surface area (Å²) in [5, 5.41) is 1.93. The maximum Gasteiger partial charge on any atom is 0.471 e. The SMILES string of the molecule is CC1(C)C(CNC(=O)C(F)(F)F)C1(C)C. The van der Waals surface area contributed by atoms with Crippen LogP contribution in [0.2, 0.25) is 0 Å². The molecule has 88 valence electrons. The van der Waals surface area contributed by atoms with Gasteiger partial charge in [-0.15, -0.1) is 0 Å². The fourth-order valence-corrected chi connectivity index (χ4v) is 2.14. The summed E-state index contributed by atoms with van der Waals surface area (Å²) in [7, 11) is 0. The van der Waals surface area contributed by atoms with Gasteiger partial charge in [0.25, 0.3) is 0 Å². The van der Waals surface area contributed by atoms with Gasteiger partial charge in [-0.2, -0.15) is 13.2 Å². The summed E-state index contributed by atoms with van der Waals surface area (Å²) >= 11 is 0. The molecule has 0 unspecified atom stereocenters. The van der Waals surface area contributed by atoms with Crippen LogP contribution < -0.4 is 5.32 Å². The Kier molecular flexibility index (Phi) is 2.57. The highest BCUT2D eigenvalue weighted by atomic mass is 19.4. The Hall–Kier alpha value is -0.740. The topological polar surface area (TPSA) is 29.1 Å². The van der Waals surface area contributed by atoms with Crippen LogP contribution in [0.5, 0.6) is 0 Å². The van der Waals surface area contributed by atoms with E-state index in [0.29, 0.717) is 0 Å². The molecule has 2 nitrogen and oxygen atoms in total. The van der Waals surface area contributed by atoms with E-state index in [1.165, 1.54) is 0 Å². The van der Waals surface area contributed by atoms with E-state index in [4.69, 9.17) is 0 Å². The highest BCUT2D eigenvalue weighted by Crippen LogP contribution is 2.67. The minimum absolute atomic E-state index is 0.00806. The van der Waals surface area contributed by atoms with Gasteiger partial charge in [0, 0.05) is 6.54 Å². The van der Waals surface area contributed by atoms with Crippen molar-refractivity contribution in [2.75, 3.05) is 6.54 Å². The summed E-state index contributed by atoms with van der Waals surface area (Å²) in [4.78, 5) is 10.6. The van der Waals surface area contributed by atoms with Crippen LogP contribution in [0.1, 0.15) is 27.7 Å². The first-order valence-electron chi connectivity index (χ1n) is 4.86. The summed E-state index contributed by atoms with van der Waals surface area (Å²) in [5.41, 5.74) is -0.0161. The first kappa shape index (κ1) is 12.3. The van der Waals surface area contributed by atoms with Crippen LogP contribution in [0.3, 0.4) is 0 Å². The van der Waals surface area contributed by atoms with E-state index >= 15 is 0 Å². The van der Waals surface area contributed by atoms with Gasteiger partial charge in [0.1, 0.15) is 0 Å². The van der Waals surface area contributed by atoms with Gasteiger partial charge in [-0.25, -0.2) is 0 Å². The molecule has 0 aromatic carbocycles. The summed E-state index contributed by atoms with van der Waals surface area (Å²) in [6, 6.07) is 0. The van der Waals surface area contributed by atoms with Crippen molar-refractivity contribution in [1.29, 1.82) is 0 Å². The van der Waals surface area contributed by atoms with Crippen molar-refractivity contribution >= 4 is 5.91 Å². The molecule has 0 radical (unpaired) electrons. The summed E-state index contributed by atoms with van der Waals surface area (Å²) in [6.45, 7) is 8.09. The molecule has 1 N–H and O–H groups in total. The third kappa shape index (κ3) is 1.96. The molecule has 1 amide bonds. The van der Waals surface area contributed by atoms with Gasteiger partial charge in [-0.1, -0.05) is 27.7 Å². The lowest BCUT2D eigenvalue weighted by Crippen LogP contribution is -2.38. The van der Waals surface area contributed by atoms with E-state index in [9.17, 15) is 18.0 Å². The number of hydrogen-bond acceptors (Lipinski definition) is 1. The quantitative estimate of drug-likeness (QED) is 0.765. The largest absolute Gasteiger partial charge is 0.471 e. The van der Waals surface area contributed by atoms with Crippen molar-refractivity contribution in [3.05, 3.63) is 0 Å². The fraction of sp³-hybridized carbons (Fsp3) is 0.900. The summed E-state index contributed by atoms with van der Waals surface area (Å²) in [5.74, 6) is -1.74. The zero-order valence-electron chi connectivity index (χ0n) is 9.33. The molecule has 0 aromatic rings. The third-order valence-corrected chi connectivity index (χ3v) is 4.04. The first-order chi connectivity index (χ1) is 6.51. The molecule has 0 spiro atoms. The van der Waals surface area contributed by atoms with Crippen LogP contribution in [0.15, 0.2) is 0 Å². The van der Waals surface area contributed by atoms with Gasteiger partial charge in [-0.05, 0) is 16.7 Å². The standard InChI is InChI=1S/C10H16F3NO/c1-8(2)6(9(8,3)4)5-14-7(15)10(11,12)13/h6H,5H2,1-4H3,(H,14,15). The van der Waals surface area contributed by atoms with Crippen molar-refractivity contribution in [2.45, 2.75) is 33.9 Å². The van der Waals surface area contributed by atoms with E-state index in [1.54, 1.807) is 0 Å². The lowest BCUT2D eigenvalue weighted by molar-refractivity contribution is -0.173. The lowest BCUT2D eigenvalue weighted by Gasteiger charge is -2.08. The number of carbonyl (C=O) groups excluding carboxylic acids is 1. The van der Waals surface area contributed by atoms with Gasteiger partial charge in [-0.3, -0.25) is 4.79 Å². The number of amides is 1. The molecule has 0 aliphatic heterocycles. The first-order valence-corrected chi connectivity index (χ1v) is 4.86. The van der Waals surface area contributed by atoms with E-state index in [0.717, 1.165) is 0 Å². The molecule has 15 heavy (non-hydrogen) atoms.